The molecule has 180 valence electrons. The zero-order chi connectivity index (χ0) is 24.2. The van der Waals surface area contributed by atoms with Gasteiger partial charge >= 0.3 is 0 Å². The molecule has 0 radical (unpaired) electrons. The minimum atomic E-state index is -1.16. The first-order chi connectivity index (χ1) is 16.9. The number of ketones is 1. The standard InChI is InChI=1S/C27H22BrCl2NO4/c28-17-6-9-19(22(30)12-17)24-20(16-4-7-18(29)8-5-16)13-21-23(32)14-27(34-25(21)31-24)15-33-26(35-27)10-2-1-3-11-26/h4-9,12-13H,1-3,10-11,14-15H2. The van der Waals surface area contributed by atoms with Gasteiger partial charge in [0.25, 0.3) is 0 Å². The Kier molecular flexibility index (Phi) is 5.93. The van der Waals surface area contributed by atoms with Gasteiger partial charge in [-0.3, -0.25) is 4.79 Å². The quantitative estimate of drug-likeness (QED) is 0.312. The van der Waals surface area contributed by atoms with Crippen LogP contribution in [-0.2, 0) is 9.47 Å². The Bertz CT molecular complexity index is 1320. The topological polar surface area (TPSA) is 57.7 Å². The average molecular weight is 575 g/mol. The fourth-order valence-electron chi connectivity index (χ4n) is 5.18. The molecule has 5 nitrogen and oxygen atoms in total. The van der Waals surface area contributed by atoms with Gasteiger partial charge in [0.1, 0.15) is 6.61 Å². The van der Waals surface area contributed by atoms with E-state index in [0.29, 0.717) is 21.3 Å². The molecule has 2 spiro atoms. The van der Waals surface area contributed by atoms with Crippen LogP contribution in [0.1, 0.15) is 48.9 Å². The molecule has 1 atom stereocenters. The Hall–Kier alpha value is -1.96. The highest BCUT2D eigenvalue weighted by Gasteiger charge is 2.56. The molecule has 2 fully saturated rings. The molecular weight excluding hydrogens is 553 g/mol. The zero-order valence-corrected chi connectivity index (χ0v) is 21.9. The Balaban J connectivity index is 1.46. The second kappa shape index (κ2) is 8.86. The van der Waals surface area contributed by atoms with Crippen LogP contribution in [0.5, 0.6) is 5.88 Å². The third kappa shape index (κ3) is 4.30. The van der Waals surface area contributed by atoms with Crippen LogP contribution in [0.25, 0.3) is 22.4 Å². The smallest absolute Gasteiger partial charge is 0.245 e. The van der Waals surface area contributed by atoms with Crippen LogP contribution in [0.2, 0.25) is 10.0 Å². The number of ether oxygens (including phenoxy) is 3. The summed E-state index contributed by atoms with van der Waals surface area (Å²) in [6.07, 6.45) is 4.94. The number of halogens is 3. The van der Waals surface area contributed by atoms with Crippen molar-refractivity contribution in [3.05, 3.63) is 68.6 Å². The molecule has 1 saturated carbocycles. The largest absolute Gasteiger partial charge is 0.441 e. The van der Waals surface area contributed by atoms with Crippen LogP contribution in [0.15, 0.2) is 53.0 Å². The van der Waals surface area contributed by atoms with Crippen molar-refractivity contribution in [1.82, 2.24) is 4.98 Å². The van der Waals surface area contributed by atoms with Gasteiger partial charge in [0.2, 0.25) is 11.7 Å². The summed E-state index contributed by atoms with van der Waals surface area (Å²) in [5.41, 5.74) is 3.40. The number of Topliss-reactive ketones (excluding diaryl/α,β-unsaturated/α-hetero) is 1. The summed E-state index contributed by atoms with van der Waals surface area (Å²) >= 11 is 16.2. The first-order valence-corrected chi connectivity index (χ1v) is 13.2. The number of carbonyl (C=O) groups excluding carboxylic acids is 1. The molecule has 1 aliphatic carbocycles. The lowest BCUT2D eigenvalue weighted by Crippen LogP contribution is -2.47. The maximum Gasteiger partial charge on any atom is 0.245 e. The second-order valence-corrected chi connectivity index (χ2v) is 11.1. The molecule has 2 aliphatic heterocycles. The maximum absolute atomic E-state index is 13.4. The molecule has 2 aromatic carbocycles. The van der Waals surface area contributed by atoms with Crippen molar-refractivity contribution in [3.8, 4) is 28.3 Å². The molecule has 8 heteroatoms. The molecule has 3 heterocycles. The Morgan fingerprint density at radius 3 is 2.40 bits per heavy atom. The van der Waals surface area contributed by atoms with Crippen LogP contribution >= 0.6 is 39.1 Å². The molecule has 3 aliphatic rings. The molecule has 0 amide bonds. The van der Waals surface area contributed by atoms with E-state index in [4.69, 9.17) is 42.4 Å². The van der Waals surface area contributed by atoms with E-state index < -0.39 is 11.6 Å². The van der Waals surface area contributed by atoms with E-state index in [1.165, 1.54) is 0 Å². The molecule has 0 bridgehead atoms. The minimum absolute atomic E-state index is 0.0844. The second-order valence-electron chi connectivity index (χ2n) is 9.34. The van der Waals surface area contributed by atoms with Crippen molar-refractivity contribution in [2.45, 2.75) is 50.1 Å². The van der Waals surface area contributed by atoms with Crippen LogP contribution < -0.4 is 4.74 Å². The summed E-state index contributed by atoms with van der Waals surface area (Å²) in [7, 11) is 0. The van der Waals surface area contributed by atoms with Gasteiger partial charge in [-0.25, -0.2) is 4.98 Å². The summed E-state index contributed by atoms with van der Waals surface area (Å²) in [4.78, 5) is 18.3. The predicted octanol–water partition coefficient (Wildman–Crippen LogP) is 7.85. The number of fused-ring (bicyclic) bond motifs is 1. The van der Waals surface area contributed by atoms with Crippen molar-refractivity contribution in [2.75, 3.05) is 6.61 Å². The summed E-state index contributed by atoms with van der Waals surface area (Å²) < 4.78 is 19.7. The predicted molar refractivity (Wildman–Crippen MR) is 138 cm³/mol. The van der Waals surface area contributed by atoms with Crippen LogP contribution in [-0.4, -0.2) is 28.9 Å². The number of rotatable bonds is 2. The number of hydrogen-bond acceptors (Lipinski definition) is 5. The summed E-state index contributed by atoms with van der Waals surface area (Å²) in [5, 5.41) is 1.15. The first kappa shape index (κ1) is 23.4. The molecule has 3 aromatic rings. The summed E-state index contributed by atoms with van der Waals surface area (Å²) in [6.45, 7) is 0.202. The molecule has 6 rings (SSSR count). The van der Waals surface area contributed by atoms with Gasteiger partial charge in [0.05, 0.1) is 22.7 Å². The molecular formula is C27H22BrCl2NO4. The van der Waals surface area contributed by atoms with E-state index in [2.05, 4.69) is 15.9 Å². The van der Waals surface area contributed by atoms with Gasteiger partial charge in [-0.05, 0) is 48.7 Å². The van der Waals surface area contributed by atoms with Crippen molar-refractivity contribution < 1.29 is 19.0 Å². The van der Waals surface area contributed by atoms with E-state index in [-0.39, 0.29) is 24.7 Å². The molecule has 1 saturated heterocycles. The van der Waals surface area contributed by atoms with E-state index in [1.54, 1.807) is 0 Å². The Morgan fingerprint density at radius 1 is 0.886 bits per heavy atom. The van der Waals surface area contributed by atoms with Crippen LogP contribution in [0.4, 0.5) is 0 Å². The van der Waals surface area contributed by atoms with E-state index in [0.717, 1.165) is 53.3 Å². The molecule has 1 aromatic heterocycles. The highest BCUT2D eigenvalue weighted by atomic mass is 79.9. The van der Waals surface area contributed by atoms with Gasteiger partial charge in [0, 0.05) is 33.5 Å². The van der Waals surface area contributed by atoms with E-state index in [1.807, 2.05) is 48.5 Å². The lowest BCUT2D eigenvalue weighted by Gasteiger charge is -2.36. The SMILES string of the molecule is O=C1CC2(COC3(CCCCC3)O2)Oc2nc(-c3ccc(Br)cc3Cl)c(-c3ccc(Cl)cc3)cc21. The molecule has 0 N–H and O–H groups in total. The van der Waals surface area contributed by atoms with Gasteiger partial charge < -0.3 is 14.2 Å². The summed E-state index contributed by atoms with van der Waals surface area (Å²) in [6, 6.07) is 14.9. The molecule has 35 heavy (non-hydrogen) atoms. The number of carbonyl (C=O) groups is 1. The number of aromatic nitrogens is 1. The zero-order valence-electron chi connectivity index (χ0n) is 18.8. The number of hydrogen-bond donors (Lipinski definition) is 0. The lowest BCUT2D eigenvalue weighted by molar-refractivity contribution is -0.247. The fourth-order valence-corrected chi connectivity index (χ4v) is 6.07. The van der Waals surface area contributed by atoms with Crippen molar-refractivity contribution in [3.63, 3.8) is 0 Å². The van der Waals surface area contributed by atoms with Crippen LogP contribution in [0, 0.1) is 0 Å². The van der Waals surface area contributed by atoms with E-state index >= 15 is 0 Å². The fraction of sp³-hybridized carbons (Fsp3) is 0.333. The van der Waals surface area contributed by atoms with Crippen molar-refractivity contribution in [2.24, 2.45) is 0 Å². The first-order valence-electron chi connectivity index (χ1n) is 11.7. The average Bonchev–Trinajstić information content (AvgIpc) is 3.16. The lowest BCUT2D eigenvalue weighted by atomic mass is 9.93. The van der Waals surface area contributed by atoms with Crippen molar-refractivity contribution in [1.29, 1.82) is 0 Å². The number of pyridine rings is 1. The van der Waals surface area contributed by atoms with E-state index in [9.17, 15) is 4.79 Å². The van der Waals surface area contributed by atoms with Crippen molar-refractivity contribution >= 4 is 44.9 Å². The minimum Gasteiger partial charge on any atom is -0.441 e. The number of benzene rings is 2. The third-order valence-electron chi connectivity index (χ3n) is 6.88. The summed E-state index contributed by atoms with van der Waals surface area (Å²) in [5.74, 6) is -1.67. The normalized spacial score (nSPS) is 22.9. The number of nitrogens with zero attached hydrogens (tertiary/aromatic N) is 1. The third-order valence-corrected chi connectivity index (χ3v) is 7.94. The Morgan fingerprint density at radius 2 is 1.66 bits per heavy atom. The highest BCUT2D eigenvalue weighted by Crippen LogP contribution is 2.48. The van der Waals surface area contributed by atoms with Gasteiger partial charge in [0.15, 0.2) is 11.6 Å². The van der Waals surface area contributed by atoms with Gasteiger partial charge in [-0.2, -0.15) is 0 Å². The van der Waals surface area contributed by atoms with Crippen LogP contribution in [0.3, 0.4) is 0 Å². The van der Waals surface area contributed by atoms with Gasteiger partial charge in [-0.15, -0.1) is 0 Å². The maximum atomic E-state index is 13.4. The Labute approximate surface area is 221 Å². The highest BCUT2D eigenvalue weighted by molar-refractivity contribution is 9.10. The monoisotopic (exact) mass is 573 g/mol. The molecule has 1 unspecified atom stereocenters. The van der Waals surface area contributed by atoms with Gasteiger partial charge in [-0.1, -0.05) is 63.8 Å².